The SMILES string of the molecule is C[C@@H](NCC1Cc2cc(F)ccc2O1)c1ccc(Cl)cc1. The van der Waals surface area contributed by atoms with E-state index >= 15 is 0 Å². The molecule has 0 saturated carbocycles. The lowest BCUT2D eigenvalue weighted by Gasteiger charge is -2.17. The van der Waals surface area contributed by atoms with Gasteiger partial charge in [0.05, 0.1) is 0 Å². The van der Waals surface area contributed by atoms with Crippen LogP contribution in [-0.4, -0.2) is 12.6 Å². The molecule has 1 unspecified atom stereocenters. The van der Waals surface area contributed by atoms with Crippen molar-refractivity contribution >= 4 is 11.6 Å². The molecule has 2 nitrogen and oxygen atoms in total. The molecule has 0 bridgehead atoms. The lowest BCUT2D eigenvalue weighted by Crippen LogP contribution is -2.31. The molecule has 0 aromatic heterocycles. The van der Waals surface area contributed by atoms with E-state index < -0.39 is 0 Å². The summed E-state index contributed by atoms with van der Waals surface area (Å²) in [6, 6.07) is 12.7. The van der Waals surface area contributed by atoms with Crippen LogP contribution in [0.3, 0.4) is 0 Å². The van der Waals surface area contributed by atoms with Crippen molar-refractivity contribution in [2.75, 3.05) is 6.54 Å². The number of ether oxygens (including phenoxy) is 1. The molecule has 1 heterocycles. The zero-order chi connectivity index (χ0) is 14.8. The molecule has 0 radical (unpaired) electrons. The van der Waals surface area contributed by atoms with Gasteiger partial charge in [0.15, 0.2) is 0 Å². The van der Waals surface area contributed by atoms with Crippen LogP contribution in [0.15, 0.2) is 42.5 Å². The number of halogens is 2. The van der Waals surface area contributed by atoms with Gasteiger partial charge in [-0.2, -0.15) is 0 Å². The molecule has 1 aliphatic heterocycles. The maximum absolute atomic E-state index is 13.2. The van der Waals surface area contributed by atoms with Crippen molar-refractivity contribution in [3.8, 4) is 5.75 Å². The standard InChI is InChI=1S/C17H17ClFNO/c1-11(12-2-4-14(18)5-3-12)20-10-16-9-13-8-15(19)6-7-17(13)21-16/h2-8,11,16,20H,9-10H2,1H3/t11-,16?/m1/s1. The third kappa shape index (κ3) is 3.36. The second-order valence-corrected chi connectivity index (χ2v) is 5.81. The van der Waals surface area contributed by atoms with Crippen molar-refractivity contribution < 1.29 is 9.13 Å². The Hall–Kier alpha value is -1.58. The van der Waals surface area contributed by atoms with Crippen LogP contribution in [-0.2, 0) is 6.42 Å². The topological polar surface area (TPSA) is 21.3 Å². The summed E-state index contributed by atoms with van der Waals surface area (Å²) in [7, 11) is 0. The van der Waals surface area contributed by atoms with Crippen LogP contribution in [0.1, 0.15) is 24.1 Å². The van der Waals surface area contributed by atoms with Crippen molar-refractivity contribution in [1.82, 2.24) is 5.32 Å². The van der Waals surface area contributed by atoms with Crippen molar-refractivity contribution in [3.63, 3.8) is 0 Å². The molecule has 0 aliphatic carbocycles. The minimum absolute atomic E-state index is 0.0524. The molecule has 1 aliphatic rings. The van der Waals surface area contributed by atoms with E-state index in [9.17, 15) is 4.39 Å². The monoisotopic (exact) mass is 305 g/mol. The van der Waals surface area contributed by atoms with Crippen LogP contribution < -0.4 is 10.1 Å². The van der Waals surface area contributed by atoms with E-state index in [1.54, 1.807) is 12.1 Å². The second-order valence-electron chi connectivity index (χ2n) is 5.38. The highest BCUT2D eigenvalue weighted by atomic mass is 35.5. The van der Waals surface area contributed by atoms with Crippen LogP contribution in [0.5, 0.6) is 5.75 Å². The number of nitrogens with one attached hydrogen (secondary N) is 1. The van der Waals surface area contributed by atoms with E-state index in [0.717, 1.165) is 29.3 Å². The van der Waals surface area contributed by atoms with Gasteiger partial charge in [-0.25, -0.2) is 4.39 Å². The molecule has 2 aromatic carbocycles. The van der Waals surface area contributed by atoms with Gasteiger partial charge in [-0.1, -0.05) is 23.7 Å². The highest BCUT2D eigenvalue weighted by Crippen LogP contribution is 2.29. The summed E-state index contributed by atoms with van der Waals surface area (Å²) in [6.45, 7) is 2.82. The van der Waals surface area contributed by atoms with Crippen molar-refractivity contribution in [2.24, 2.45) is 0 Å². The van der Waals surface area contributed by atoms with Gasteiger partial charge in [0.1, 0.15) is 17.7 Å². The number of fused-ring (bicyclic) bond motifs is 1. The van der Waals surface area contributed by atoms with Gasteiger partial charge in [-0.05, 0) is 42.8 Å². The van der Waals surface area contributed by atoms with E-state index in [1.807, 2.05) is 24.3 Å². The van der Waals surface area contributed by atoms with Crippen molar-refractivity contribution in [2.45, 2.75) is 25.5 Å². The fraction of sp³-hybridized carbons (Fsp3) is 0.294. The Morgan fingerprint density at radius 3 is 2.81 bits per heavy atom. The van der Waals surface area contributed by atoms with E-state index in [-0.39, 0.29) is 18.0 Å². The van der Waals surface area contributed by atoms with Crippen LogP contribution in [0, 0.1) is 5.82 Å². The van der Waals surface area contributed by atoms with Gasteiger partial charge in [-0.3, -0.25) is 0 Å². The Bertz CT molecular complexity index is 629. The van der Waals surface area contributed by atoms with E-state index in [4.69, 9.17) is 16.3 Å². The summed E-state index contributed by atoms with van der Waals surface area (Å²) in [5.74, 6) is 0.586. The highest BCUT2D eigenvalue weighted by Gasteiger charge is 2.23. The Morgan fingerprint density at radius 1 is 1.29 bits per heavy atom. The molecule has 2 atom stereocenters. The first-order valence-corrected chi connectivity index (χ1v) is 7.43. The first-order chi connectivity index (χ1) is 10.1. The van der Waals surface area contributed by atoms with E-state index in [0.29, 0.717) is 0 Å². The molecule has 2 aromatic rings. The maximum atomic E-state index is 13.2. The quantitative estimate of drug-likeness (QED) is 0.917. The minimum atomic E-state index is -0.208. The first kappa shape index (κ1) is 14.4. The predicted octanol–water partition coefficient (Wildman–Crippen LogP) is 4.13. The van der Waals surface area contributed by atoms with Crippen LogP contribution in [0.4, 0.5) is 4.39 Å². The number of hydrogen-bond acceptors (Lipinski definition) is 2. The molecule has 0 amide bonds. The predicted molar refractivity (Wildman–Crippen MR) is 82.4 cm³/mol. The summed E-state index contributed by atoms with van der Waals surface area (Å²) >= 11 is 5.89. The van der Waals surface area contributed by atoms with Crippen molar-refractivity contribution in [1.29, 1.82) is 0 Å². The molecule has 110 valence electrons. The summed E-state index contributed by atoms with van der Waals surface area (Å²) in [5, 5.41) is 4.19. The number of rotatable bonds is 4. The summed E-state index contributed by atoms with van der Waals surface area (Å²) in [4.78, 5) is 0. The van der Waals surface area contributed by atoms with E-state index in [2.05, 4.69) is 12.2 Å². The molecule has 4 heteroatoms. The largest absolute Gasteiger partial charge is 0.488 e. The molecule has 0 fully saturated rings. The Morgan fingerprint density at radius 2 is 2.05 bits per heavy atom. The first-order valence-electron chi connectivity index (χ1n) is 7.06. The summed E-state index contributed by atoms with van der Waals surface area (Å²) in [5.41, 5.74) is 2.13. The Balaban J connectivity index is 1.56. The average molecular weight is 306 g/mol. The summed E-state index contributed by atoms with van der Waals surface area (Å²) < 4.78 is 19.0. The fourth-order valence-electron chi connectivity index (χ4n) is 2.58. The average Bonchev–Trinajstić information content (AvgIpc) is 2.87. The van der Waals surface area contributed by atoms with Crippen LogP contribution >= 0.6 is 11.6 Å². The number of hydrogen-bond donors (Lipinski definition) is 1. The smallest absolute Gasteiger partial charge is 0.123 e. The van der Waals surface area contributed by atoms with Gasteiger partial charge in [-0.15, -0.1) is 0 Å². The van der Waals surface area contributed by atoms with Crippen LogP contribution in [0.2, 0.25) is 5.02 Å². The molecular formula is C17H17ClFNO. The lowest BCUT2D eigenvalue weighted by molar-refractivity contribution is 0.222. The fourth-order valence-corrected chi connectivity index (χ4v) is 2.71. The molecule has 21 heavy (non-hydrogen) atoms. The molecule has 0 saturated heterocycles. The molecule has 1 N–H and O–H groups in total. The van der Waals surface area contributed by atoms with Crippen LogP contribution in [0.25, 0.3) is 0 Å². The lowest BCUT2D eigenvalue weighted by atomic mass is 10.1. The Labute approximate surface area is 128 Å². The maximum Gasteiger partial charge on any atom is 0.123 e. The zero-order valence-electron chi connectivity index (χ0n) is 11.8. The van der Waals surface area contributed by atoms with Gasteiger partial charge >= 0.3 is 0 Å². The molecule has 0 spiro atoms. The molecular weight excluding hydrogens is 289 g/mol. The highest BCUT2D eigenvalue weighted by molar-refractivity contribution is 6.30. The van der Waals surface area contributed by atoms with Gasteiger partial charge < -0.3 is 10.1 Å². The number of benzene rings is 2. The second kappa shape index (κ2) is 6.04. The third-order valence-electron chi connectivity index (χ3n) is 3.79. The van der Waals surface area contributed by atoms with Gasteiger partial charge in [0.25, 0.3) is 0 Å². The van der Waals surface area contributed by atoms with Gasteiger partial charge in [0, 0.05) is 29.6 Å². The minimum Gasteiger partial charge on any atom is -0.488 e. The molecule has 3 rings (SSSR count). The van der Waals surface area contributed by atoms with Gasteiger partial charge in [0.2, 0.25) is 0 Å². The Kier molecular flexibility index (Phi) is 4.13. The third-order valence-corrected chi connectivity index (χ3v) is 4.04. The normalized spacial score (nSPS) is 18.1. The summed E-state index contributed by atoms with van der Waals surface area (Å²) in [6.07, 6.45) is 0.796. The van der Waals surface area contributed by atoms with E-state index in [1.165, 1.54) is 11.6 Å². The zero-order valence-corrected chi connectivity index (χ0v) is 12.5. The van der Waals surface area contributed by atoms with Crippen molar-refractivity contribution in [3.05, 3.63) is 64.4 Å².